The van der Waals surface area contributed by atoms with Crippen LogP contribution in [-0.2, 0) is 25.7 Å². The van der Waals surface area contributed by atoms with Gasteiger partial charge in [0, 0.05) is 72.0 Å². The summed E-state index contributed by atoms with van der Waals surface area (Å²) < 4.78 is 26.3. The van der Waals surface area contributed by atoms with E-state index in [2.05, 4.69) is 146 Å². The number of thiophene rings is 6. The van der Waals surface area contributed by atoms with Crippen LogP contribution < -0.4 is 9.47 Å². The molecule has 0 radical (unpaired) electrons. The van der Waals surface area contributed by atoms with E-state index in [1.165, 1.54) is 310 Å². The minimum absolute atomic E-state index is 0.729. The normalized spacial score (nSPS) is 12.4. The van der Waals surface area contributed by atoms with Crippen LogP contribution in [0.4, 0.5) is 0 Å². The fourth-order valence-corrected chi connectivity index (χ4v) is 21.3. The Bertz CT molecular complexity index is 3370. The van der Waals surface area contributed by atoms with Gasteiger partial charge >= 0.3 is 0 Å². The molecular formula is C74H100O2S6. The van der Waals surface area contributed by atoms with Crippen molar-refractivity contribution in [3.8, 4) is 11.5 Å². The van der Waals surface area contributed by atoms with E-state index in [4.69, 9.17) is 9.47 Å². The molecule has 0 spiro atoms. The SMILES string of the molecule is CCCCCCCCCCOc1cc2c(cc1OCCCCCCCCCC)c1c(sc3c4sc(CCCCCC)cc4c4cc(CCCCCC)sc4c31)c1sc3c4sc(CCCCCC)cc4c4cc(CCCCCC)sc4c3c21. The first-order valence-electron chi connectivity index (χ1n) is 33.8. The Hall–Kier alpha value is -2.98. The molecule has 0 saturated heterocycles. The summed E-state index contributed by atoms with van der Waals surface area (Å²) in [4.78, 5) is 6.25. The van der Waals surface area contributed by atoms with E-state index in [9.17, 15) is 0 Å². The molecule has 0 saturated carbocycles. The van der Waals surface area contributed by atoms with Crippen molar-refractivity contribution in [3.05, 3.63) is 55.9 Å². The van der Waals surface area contributed by atoms with Crippen molar-refractivity contribution in [3.63, 3.8) is 0 Å². The van der Waals surface area contributed by atoms with Gasteiger partial charge in [0.2, 0.25) is 0 Å². The summed E-state index contributed by atoms with van der Waals surface area (Å²) >= 11 is 12.7. The van der Waals surface area contributed by atoms with Gasteiger partial charge in [0.1, 0.15) is 0 Å². The van der Waals surface area contributed by atoms with Gasteiger partial charge in [-0.1, -0.05) is 208 Å². The quantitative estimate of drug-likeness (QED) is 0.0356. The number of fused-ring (bicyclic) bond motifs is 20. The van der Waals surface area contributed by atoms with Crippen molar-refractivity contribution in [1.82, 2.24) is 0 Å². The maximum absolute atomic E-state index is 7.15. The number of aryl methyl sites for hydroxylation is 4. The second kappa shape index (κ2) is 31.6. The number of unbranched alkanes of at least 4 members (excludes halogenated alkanes) is 26. The fourth-order valence-electron chi connectivity index (χ4n) is 13.2. The highest BCUT2D eigenvalue weighted by atomic mass is 32.1. The van der Waals surface area contributed by atoms with Crippen LogP contribution in [0.3, 0.4) is 0 Å². The van der Waals surface area contributed by atoms with Crippen molar-refractivity contribution >= 4 is 159 Å². The van der Waals surface area contributed by atoms with Gasteiger partial charge in [-0.15, -0.1) is 68.0 Å². The van der Waals surface area contributed by atoms with E-state index in [1.54, 1.807) is 19.5 Å². The molecule has 10 rings (SSSR count). The van der Waals surface area contributed by atoms with Crippen molar-refractivity contribution in [2.75, 3.05) is 13.2 Å². The van der Waals surface area contributed by atoms with E-state index in [0.717, 1.165) is 37.6 Å². The second-order valence-electron chi connectivity index (χ2n) is 24.6. The van der Waals surface area contributed by atoms with Gasteiger partial charge in [0.25, 0.3) is 0 Å². The lowest BCUT2D eigenvalue weighted by Gasteiger charge is -2.16. The molecule has 4 aromatic carbocycles. The van der Waals surface area contributed by atoms with Crippen LogP contribution >= 0.6 is 68.0 Å². The average Bonchev–Trinajstić information content (AvgIpc) is 1.76. The van der Waals surface area contributed by atoms with Gasteiger partial charge in [0.15, 0.2) is 11.5 Å². The van der Waals surface area contributed by atoms with Gasteiger partial charge in [-0.3, -0.25) is 0 Å². The lowest BCUT2D eigenvalue weighted by atomic mass is 9.96. The molecule has 0 aliphatic carbocycles. The molecule has 0 atom stereocenters. The first-order chi connectivity index (χ1) is 40.5. The number of hydrogen-bond acceptors (Lipinski definition) is 8. The van der Waals surface area contributed by atoms with E-state index in [1.807, 2.05) is 0 Å². The molecule has 6 heterocycles. The van der Waals surface area contributed by atoms with Crippen LogP contribution in [0, 0.1) is 0 Å². The third kappa shape index (κ3) is 14.5. The van der Waals surface area contributed by atoms with Gasteiger partial charge < -0.3 is 9.47 Å². The summed E-state index contributed by atoms with van der Waals surface area (Å²) in [5, 5.41) is 14.6. The zero-order valence-corrected chi connectivity index (χ0v) is 56.5. The molecular weight excluding hydrogens is 1110 g/mol. The zero-order chi connectivity index (χ0) is 56.6. The Morgan fingerprint density at radius 1 is 0.232 bits per heavy atom. The molecule has 0 fully saturated rings. The largest absolute Gasteiger partial charge is 0.490 e. The predicted molar refractivity (Wildman–Crippen MR) is 379 cm³/mol. The lowest BCUT2D eigenvalue weighted by Crippen LogP contribution is -2.03. The van der Waals surface area contributed by atoms with Crippen LogP contribution in [0.5, 0.6) is 11.5 Å². The van der Waals surface area contributed by atoms with Gasteiger partial charge in [0.05, 0.1) is 41.4 Å². The fraction of sp³-hybridized carbons (Fsp3) is 0.595. The Balaban J connectivity index is 1.21. The minimum atomic E-state index is 0.729. The number of ether oxygens (including phenoxy) is 2. The monoisotopic (exact) mass is 1210 g/mol. The van der Waals surface area contributed by atoms with Crippen molar-refractivity contribution in [1.29, 1.82) is 0 Å². The molecule has 0 unspecified atom stereocenters. The summed E-state index contributed by atoms with van der Waals surface area (Å²) in [6.07, 6.45) is 46.1. The smallest absolute Gasteiger partial charge is 0.161 e. The number of hydrogen-bond donors (Lipinski definition) is 0. The molecule has 0 aliphatic heterocycles. The first kappa shape index (κ1) is 62.1. The Morgan fingerprint density at radius 3 is 0.805 bits per heavy atom. The maximum Gasteiger partial charge on any atom is 0.161 e. The van der Waals surface area contributed by atoms with Crippen LogP contribution in [0.2, 0.25) is 0 Å². The molecule has 10 aromatic rings. The Kier molecular flexibility index (Phi) is 23.9. The van der Waals surface area contributed by atoms with Crippen molar-refractivity contribution in [2.24, 2.45) is 0 Å². The average molecular weight is 1210 g/mol. The van der Waals surface area contributed by atoms with Gasteiger partial charge in [-0.2, -0.15) is 0 Å². The van der Waals surface area contributed by atoms with Crippen LogP contribution in [-0.4, -0.2) is 13.2 Å². The Labute approximate surface area is 518 Å². The van der Waals surface area contributed by atoms with E-state index in [0.29, 0.717) is 0 Å². The zero-order valence-electron chi connectivity index (χ0n) is 51.6. The Morgan fingerprint density at radius 2 is 0.488 bits per heavy atom. The highest BCUT2D eigenvalue weighted by Gasteiger charge is 2.28. The molecule has 0 amide bonds. The molecule has 0 bridgehead atoms. The highest BCUT2D eigenvalue weighted by Crippen LogP contribution is 2.58. The third-order valence-corrected chi connectivity index (χ3v) is 25.5. The third-order valence-electron chi connectivity index (χ3n) is 17.8. The minimum Gasteiger partial charge on any atom is -0.490 e. The number of rotatable bonds is 40. The molecule has 82 heavy (non-hydrogen) atoms. The van der Waals surface area contributed by atoms with Crippen molar-refractivity contribution in [2.45, 2.75) is 273 Å². The summed E-state index contributed by atoms with van der Waals surface area (Å²) in [6.45, 7) is 15.5. The lowest BCUT2D eigenvalue weighted by molar-refractivity contribution is 0.259. The molecule has 0 N–H and O–H groups in total. The van der Waals surface area contributed by atoms with E-state index >= 15 is 0 Å². The predicted octanol–water partition coefficient (Wildman–Crippen LogP) is 28.0. The van der Waals surface area contributed by atoms with Crippen LogP contribution in [0.15, 0.2) is 36.4 Å². The van der Waals surface area contributed by atoms with E-state index in [-0.39, 0.29) is 0 Å². The van der Waals surface area contributed by atoms with Gasteiger partial charge in [-0.25, -0.2) is 0 Å². The topological polar surface area (TPSA) is 18.5 Å². The van der Waals surface area contributed by atoms with Crippen molar-refractivity contribution < 1.29 is 9.47 Å². The standard InChI is InChI=1S/C74H100O2S6/c1-7-13-19-25-27-29-31-37-43-75-61-49-55-56(50-62(61)76-44-38-32-30-28-26-20-14-8-2)64-66-68-58(46-52(78-68)40-34-22-16-10-4)60-48-54(42-36-24-18-12-6)80-70(60)74(66)82-72(64)71-63(55)65-67-57(45-51(77-67)39-33-21-15-9-3)59-47-53(41-35-23-17-11-5)79-69(59)73(65)81-71/h45-50H,7-44H2,1-6H3. The van der Waals surface area contributed by atoms with Crippen LogP contribution in [0.1, 0.15) is 267 Å². The van der Waals surface area contributed by atoms with Crippen LogP contribution in [0.25, 0.3) is 91.5 Å². The number of benzene rings is 4. The summed E-state index contributed by atoms with van der Waals surface area (Å²) in [6, 6.07) is 15.6. The molecule has 444 valence electrons. The maximum atomic E-state index is 7.15. The van der Waals surface area contributed by atoms with E-state index < -0.39 is 0 Å². The van der Waals surface area contributed by atoms with Gasteiger partial charge in [-0.05, 0) is 111 Å². The molecule has 0 aliphatic rings. The summed E-state index contributed by atoms with van der Waals surface area (Å²) in [5.74, 6) is 1.90. The molecule has 8 heteroatoms. The molecule has 2 nitrogen and oxygen atoms in total. The summed E-state index contributed by atoms with van der Waals surface area (Å²) in [7, 11) is 0. The molecule has 6 aromatic heterocycles. The second-order valence-corrected chi connectivity index (χ2v) is 31.2. The summed E-state index contributed by atoms with van der Waals surface area (Å²) in [5.41, 5.74) is 0. The first-order valence-corrected chi connectivity index (χ1v) is 38.7. The highest BCUT2D eigenvalue weighted by molar-refractivity contribution is 7.38.